The number of thiazole rings is 1. The summed E-state index contributed by atoms with van der Waals surface area (Å²) in [7, 11) is 1.56. The summed E-state index contributed by atoms with van der Waals surface area (Å²) >= 11 is 0.753. The molecular weight excluding hydrogens is 420 g/mol. The van der Waals surface area contributed by atoms with Gasteiger partial charge in [0.25, 0.3) is 5.91 Å². The van der Waals surface area contributed by atoms with Gasteiger partial charge in [0.2, 0.25) is 0 Å². The van der Waals surface area contributed by atoms with E-state index in [1.165, 1.54) is 33.7 Å². The minimum Gasteiger partial charge on any atom is -0.337 e. The molecule has 9 heteroatoms. The van der Waals surface area contributed by atoms with Crippen LogP contribution in [0.4, 0.5) is 17.6 Å². The number of hydrogen-bond donors (Lipinski definition) is 0. The molecule has 0 saturated heterocycles. The zero-order chi connectivity index (χ0) is 22.1. The summed E-state index contributed by atoms with van der Waals surface area (Å²) < 4.78 is 53.1. The Morgan fingerprint density at radius 1 is 1.10 bits per heavy atom. The highest BCUT2D eigenvalue weighted by Crippen LogP contribution is 2.29. The zero-order valence-corrected chi connectivity index (χ0v) is 17.0. The topological polar surface area (TPSA) is 42.3 Å². The van der Waals surface area contributed by atoms with Crippen molar-refractivity contribution in [1.29, 1.82) is 0 Å². The first-order valence-electron chi connectivity index (χ1n) is 8.92. The second-order valence-corrected chi connectivity index (χ2v) is 7.82. The molecule has 3 aromatic rings. The molecule has 0 aliphatic rings. The molecule has 4 nitrogen and oxygen atoms in total. The third-order valence-corrected chi connectivity index (χ3v) is 5.68. The Hall–Kier alpha value is -2.94. The average molecular weight is 438 g/mol. The molecule has 3 rings (SSSR count). The van der Waals surface area contributed by atoms with Gasteiger partial charge < -0.3 is 4.90 Å². The second-order valence-electron chi connectivity index (χ2n) is 6.85. The van der Waals surface area contributed by atoms with E-state index in [0.717, 1.165) is 29.0 Å². The average Bonchev–Trinajstić information content (AvgIpc) is 2.97. The Kier molecular flexibility index (Phi) is 6.12. The van der Waals surface area contributed by atoms with E-state index in [4.69, 9.17) is 0 Å². The predicted octanol–water partition coefficient (Wildman–Crippen LogP) is 4.70. The van der Waals surface area contributed by atoms with Crippen molar-refractivity contribution in [2.45, 2.75) is 26.2 Å². The van der Waals surface area contributed by atoms with Gasteiger partial charge in [-0.3, -0.25) is 14.2 Å². The molecule has 0 radical (unpaired) electrons. The highest BCUT2D eigenvalue weighted by atomic mass is 32.1. The van der Waals surface area contributed by atoms with Crippen LogP contribution in [0.2, 0.25) is 0 Å². The van der Waals surface area contributed by atoms with Crippen molar-refractivity contribution in [3.8, 4) is 0 Å². The first-order chi connectivity index (χ1) is 14.1. The Balaban J connectivity index is 1.82. The lowest BCUT2D eigenvalue weighted by Gasteiger charge is -2.17. The third-order valence-electron chi connectivity index (χ3n) is 4.61. The highest BCUT2D eigenvalue weighted by molar-refractivity contribution is 7.11. The fourth-order valence-corrected chi connectivity index (χ4v) is 3.98. The summed E-state index contributed by atoms with van der Waals surface area (Å²) in [6.07, 6.45) is -4.48. The van der Waals surface area contributed by atoms with Gasteiger partial charge in [0.15, 0.2) is 0 Å². The van der Waals surface area contributed by atoms with Crippen molar-refractivity contribution in [2.24, 2.45) is 0 Å². The van der Waals surface area contributed by atoms with Crippen LogP contribution >= 0.6 is 11.3 Å². The lowest BCUT2D eigenvalue weighted by Crippen LogP contribution is -2.26. The molecular formula is C21H18F4N2O2S. The Labute approximate surface area is 174 Å². The van der Waals surface area contributed by atoms with Crippen molar-refractivity contribution in [3.63, 3.8) is 0 Å². The molecule has 0 N–H and O–H groups in total. The number of nitrogens with zero attached hydrogens (tertiary/aromatic N) is 2. The fraction of sp³-hybridized carbons (Fsp3) is 0.238. The quantitative estimate of drug-likeness (QED) is 0.542. The molecule has 1 heterocycles. The van der Waals surface area contributed by atoms with Gasteiger partial charge in [-0.05, 0) is 42.3 Å². The summed E-state index contributed by atoms with van der Waals surface area (Å²) in [5, 5.41) is 0. The summed E-state index contributed by atoms with van der Waals surface area (Å²) in [6, 6.07) is 10.5. The first kappa shape index (κ1) is 21.8. The van der Waals surface area contributed by atoms with Crippen molar-refractivity contribution >= 4 is 17.2 Å². The summed E-state index contributed by atoms with van der Waals surface area (Å²) in [6.45, 7) is 1.74. The van der Waals surface area contributed by atoms with E-state index < -0.39 is 16.6 Å². The van der Waals surface area contributed by atoms with Gasteiger partial charge in [0.05, 0.1) is 12.1 Å². The molecule has 0 aliphatic heterocycles. The van der Waals surface area contributed by atoms with E-state index >= 15 is 0 Å². The predicted molar refractivity (Wildman–Crippen MR) is 106 cm³/mol. The number of alkyl halides is 3. The van der Waals surface area contributed by atoms with Gasteiger partial charge >= 0.3 is 11.0 Å². The highest BCUT2D eigenvalue weighted by Gasteiger charge is 2.30. The minimum absolute atomic E-state index is 0.0694. The number of benzene rings is 2. The zero-order valence-electron chi connectivity index (χ0n) is 16.2. The van der Waals surface area contributed by atoms with Crippen LogP contribution < -0.4 is 4.87 Å². The SMILES string of the molecule is Cc1c(C(=O)N(C)Cc2ccc(F)cc2)sc(=O)n1Cc1cccc(C(F)(F)F)c1. The van der Waals surface area contributed by atoms with Crippen molar-refractivity contribution < 1.29 is 22.4 Å². The molecule has 0 atom stereocenters. The van der Waals surface area contributed by atoms with E-state index in [1.54, 1.807) is 26.1 Å². The molecule has 1 aromatic heterocycles. The van der Waals surface area contributed by atoms with Crippen LogP contribution in [0.25, 0.3) is 0 Å². The Bertz CT molecular complexity index is 1120. The lowest BCUT2D eigenvalue weighted by molar-refractivity contribution is -0.137. The standard InChI is InChI=1S/C21H18F4N2O2S/c1-13-18(19(28)26(2)11-14-6-8-17(22)9-7-14)30-20(29)27(13)12-15-4-3-5-16(10-15)21(23,24)25/h3-10H,11-12H2,1-2H3. The summed E-state index contributed by atoms with van der Waals surface area (Å²) in [5.74, 6) is -0.768. The molecule has 158 valence electrons. The van der Waals surface area contributed by atoms with Crippen molar-refractivity contribution in [1.82, 2.24) is 9.47 Å². The Morgan fingerprint density at radius 3 is 2.40 bits per heavy atom. The van der Waals surface area contributed by atoms with E-state index in [2.05, 4.69) is 0 Å². The monoisotopic (exact) mass is 438 g/mol. The van der Waals surface area contributed by atoms with Crippen LogP contribution in [0.15, 0.2) is 53.3 Å². The molecule has 0 bridgehead atoms. The maximum absolute atomic E-state index is 13.0. The molecule has 30 heavy (non-hydrogen) atoms. The van der Waals surface area contributed by atoms with E-state index in [9.17, 15) is 27.2 Å². The van der Waals surface area contributed by atoms with Crippen LogP contribution in [0.5, 0.6) is 0 Å². The minimum atomic E-state index is -4.48. The van der Waals surface area contributed by atoms with Gasteiger partial charge in [-0.1, -0.05) is 35.6 Å². The number of carbonyl (C=O) groups is 1. The smallest absolute Gasteiger partial charge is 0.337 e. The number of amides is 1. The van der Waals surface area contributed by atoms with Gasteiger partial charge in [0, 0.05) is 19.3 Å². The summed E-state index contributed by atoms with van der Waals surface area (Å²) in [4.78, 5) is 26.4. The number of halogens is 4. The Morgan fingerprint density at radius 2 is 1.77 bits per heavy atom. The summed E-state index contributed by atoms with van der Waals surface area (Å²) in [5.41, 5.74) is 0.627. The molecule has 0 fully saturated rings. The number of carbonyl (C=O) groups excluding carboxylic acids is 1. The van der Waals surface area contributed by atoms with Gasteiger partial charge in [-0.15, -0.1) is 0 Å². The maximum Gasteiger partial charge on any atom is 0.416 e. The van der Waals surface area contributed by atoms with Gasteiger partial charge in [-0.2, -0.15) is 13.2 Å². The molecule has 0 spiro atoms. The molecule has 0 unspecified atom stereocenters. The number of rotatable bonds is 5. The molecule has 2 aromatic carbocycles. The maximum atomic E-state index is 13.0. The number of hydrogen-bond acceptors (Lipinski definition) is 3. The molecule has 1 amide bonds. The van der Waals surface area contributed by atoms with Crippen LogP contribution in [0.1, 0.15) is 32.1 Å². The largest absolute Gasteiger partial charge is 0.416 e. The number of aromatic nitrogens is 1. The van der Waals surface area contributed by atoms with E-state index in [-0.39, 0.29) is 29.7 Å². The third kappa shape index (κ3) is 4.79. The van der Waals surface area contributed by atoms with Crippen molar-refractivity contribution in [2.75, 3.05) is 7.05 Å². The van der Waals surface area contributed by atoms with Crippen molar-refractivity contribution in [3.05, 3.63) is 91.3 Å². The van der Waals surface area contributed by atoms with Gasteiger partial charge in [-0.25, -0.2) is 4.39 Å². The first-order valence-corrected chi connectivity index (χ1v) is 9.74. The van der Waals surface area contributed by atoms with E-state index in [1.807, 2.05) is 0 Å². The fourth-order valence-electron chi connectivity index (χ4n) is 2.99. The molecule has 0 saturated carbocycles. The van der Waals surface area contributed by atoms with Crippen LogP contribution in [-0.2, 0) is 19.3 Å². The van der Waals surface area contributed by atoms with Crippen LogP contribution in [-0.4, -0.2) is 22.4 Å². The van der Waals surface area contributed by atoms with Gasteiger partial charge in [0.1, 0.15) is 10.7 Å². The second kappa shape index (κ2) is 8.43. The normalized spacial score (nSPS) is 11.5. The molecule has 0 aliphatic carbocycles. The van der Waals surface area contributed by atoms with Crippen LogP contribution in [0.3, 0.4) is 0 Å². The van der Waals surface area contributed by atoms with E-state index in [0.29, 0.717) is 11.3 Å². The van der Waals surface area contributed by atoms with Crippen LogP contribution in [0, 0.1) is 12.7 Å². The lowest BCUT2D eigenvalue weighted by atomic mass is 10.1.